The molecule has 0 saturated carbocycles. The fourth-order valence-electron chi connectivity index (χ4n) is 9.03. The van der Waals surface area contributed by atoms with Gasteiger partial charge in [0.1, 0.15) is 22.5 Å². The molecule has 8 nitrogen and oxygen atoms in total. The summed E-state index contributed by atoms with van der Waals surface area (Å²) in [5, 5.41) is 3.02. The summed E-state index contributed by atoms with van der Waals surface area (Å²) in [7, 11) is 0. The number of piperidine rings is 1. The molecule has 1 atom stereocenters. The fraction of sp³-hybridized carbons (Fsp3) is 0.605. The van der Waals surface area contributed by atoms with Crippen molar-refractivity contribution < 1.29 is 23.9 Å². The molecule has 5 rings (SSSR count). The zero-order valence-corrected chi connectivity index (χ0v) is 34.2. The van der Waals surface area contributed by atoms with E-state index >= 15 is 0 Å². The van der Waals surface area contributed by atoms with Crippen molar-refractivity contribution >= 4 is 17.7 Å². The largest absolute Gasteiger partial charge is 0.483 e. The third-order valence-electron chi connectivity index (χ3n) is 13.8. The maximum Gasteiger partial charge on any atom is 0.255 e. The molecule has 3 aliphatic heterocycles. The summed E-state index contributed by atoms with van der Waals surface area (Å²) in [6, 6.07) is 13.8. The molecule has 3 aliphatic rings. The van der Waals surface area contributed by atoms with E-state index in [2.05, 4.69) is 77.7 Å². The van der Waals surface area contributed by atoms with E-state index in [0.29, 0.717) is 17.0 Å². The molecule has 0 aromatic heterocycles. The Labute approximate surface area is 306 Å². The summed E-state index contributed by atoms with van der Waals surface area (Å²) in [6.45, 7) is 38.4. The molecule has 51 heavy (non-hydrogen) atoms. The lowest BCUT2D eigenvalue weighted by molar-refractivity contribution is -0.247. The van der Waals surface area contributed by atoms with Gasteiger partial charge in [-0.05, 0) is 113 Å². The zero-order valence-electron chi connectivity index (χ0n) is 34.2. The van der Waals surface area contributed by atoms with Crippen LogP contribution in [0.4, 0.5) is 0 Å². The third kappa shape index (κ3) is 5.05. The van der Waals surface area contributed by atoms with Crippen LogP contribution in [-0.4, -0.2) is 49.8 Å². The number of fused-ring (bicyclic) bond motifs is 1. The van der Waals surface area contributed by atoms with Gasteiger partial charge >= 0.3 is 0 Å². The molecule has 278 valence electrons. The highest BCUT2D eigenvalue weighted by Gasteiger charge is 2.67. The van der Waals surface area contributed by atoms with Gasteiger partial charge in [-0.1, -0.05) is 64.6 Å². The Hall–Kier alpha value is -3.65. The Morgan fingerprint density at radius 2 is 1.29 bits per heavy atom. The van der Waals surface area contributed by atoms with E-state index in [9.17, 15) is 14.4 Å². The molecule has 0 bridgehead atoms. The van der Waals surface area contributed by atoms with Crippen LogP contribution in [0.5, 0.6) is 5.75 Å². The van der Waals surface area contributed by atoms with Crippen molar-refractivity contribution in [1.82, 2.24) is 15.1 Å². The molecule has 2 fully saturated rings. The van der Waals surface area contributed by atoms with E-state index in [0.717, 1.165) is 16.7 Å². The number of amides is 3. The summed E-state index contributed by atoms with van der Waals surface area (Å²) in [4.78, 5) is 46.2. The number of carbonyl (C=O) groups excluding carboxylic acids is 3. The minimum Gasteiger partial charge on any atom is -0.483 e. The van der Waals surface area contributed by atoms with Gasteiger partial charge in [0.05, 0.1) is 22.2 Å². The predicted octanol–water partition coefficient (Wildman–Crippen LogP) is 8.58. The lowest BCUT2D eigenvalue weighted by Gasteiger charge is -2.62. The first kappa shape index (κ1) is 38.6. The molecule has 2 saturated heterocycles. The lowest BCUT2D eigenvalue weighted by atomic mass is 9.53. The van der Waals surface area contributed by atoms with Gasteiger partial charge in [0.25, 0.3) is 11.8 Å². The Morgan fingerprint density at radius 3 is 1.84 bits per heavy atom. The molecule has 3 amide bonds. The van der Waals surface area contributed by atoms with Gasteiger partial charge in [-0.15, -0.1) is 0 Å². The van der Waals surface area contributed by atoms with E-state index in [1.807, 2.05) is 99.3 Å². The maximum atomic E-state index is 14.5. The molecule has 0 radical (unpaired) electrons. The molecule has 0 spiro atoms. The van der Waals surface area contributed by atoms with Crippen LogP contribution in [0.15, 0.2) is 54.7 Å². The van der Waals surface area contributed by atoms with Crippen molar-refractivity contribution in [3.8, 4) is 5.75 Å². The number of rotatable bonds is 6. The Bertz CT molecular complexity index is 1830. The quantitative estimate of drug-likeness (QED) is 0.327. The summed E-state index contributed by atoms with van der Waals surface area (Å²) in [6.07, 6.45) is 0. The second-order valence-electron chi connectivity index (χ2n) is 19.2. The molecule has 1 N–H and O–H groups in total. The van der Waals surface area contributed by atoms with Gasteiger partial charge in [-0.2, -0.15) is 0 Å². The van der Waals surface area contributed by atoms with Crippen LogP contribution in [0.25, 0.3) is 0 Å². The average molecular weight is 700 g/mol. The fourth-order valence-corrected chi connectivity index (χ4v) is 9.03. The Kier molecular flexibility index (Phi) is 8.27. The topological polar surface area (TPSA) is 88.2 Å². The van der Waals surface area contributed by atoms with Gasteiger partial charge in [-0.25, -0.2) is 0 Å². The summed E-state index contributed by atoms with van der Waals surface area (Å²) < 4.78 is 13.2. The Balaban J connectivity index is 1.50. The molecule has 2 aromatic rings. The van der Waals surface area contributed by atoms with Crippen LogP contribution in [-0.2, 0) is 31.0 Å². The second kappa shape index (κ2) is 10.9. The predicted molar refractivity (Wildman–Crippen MR) is 202 cm³/mol. The van der Waals surface area contributed by atoms with Crippen LogP contribution in [0.3, 0.4) is 0 Å². The molecule has 0 aliphatic carbocycles. The highest BCUT2D eigenvalue weighted by molar-refractivity contribution is 6.05. The van der Waals surface area contributed by atoms with Gasteiger partial charge in [0, 0.05) is 27.7 Å². The van der Waals surface area contributed by atoms with E-state index in [4.69, 9.17) is 9.47 Å². The van der Waals surface area contributed by atoms with Crippen molar-refractivity contribution in [2.24, 2.45) is 10.8 Å². The number of nitrogens with zero attached hydrogens (tertiary/aromatic N) is 2. The normalized spacial score (nSPS) is 26.1. The highest BCUT2D eigenvalue weighted by Crippen LogP contribution is 2.60. The van der Waals surface area contributed by atoms with Crippen molar-refractivity contribution in [3.05, 3.63) is 77.0 Å². The number of carbonyl (C=O) groups is 3. The molecule has 1 unspecified atom stereocenters. The van der Waals surface area contributed by atoms with Crippen LogP contribution in [0.2, 0.25) is 0 Å². The second-order valence-corrected chi connectivity index (χ2v) is 19.2. The number of ether oxygens (including phenoxy) is 2. The lowest BCUT2D eigenvalue weighted by Crippen LogP contribution is -2.74. The first-order valence-electron chi connectivity index (χ1n) is 18.2. The summed E-state index contributed by atoms with van der Waals surface area (Å²) in [5.41, 5.74) is -2.99. The zero-order chi connectivity index (χ0) is 38.9. The van der Waals surface area contributed by atoms with Crippen molar-refractivity contribution in [2.45, 2.75) is 157 Å². The van der Waals surface area contributed by atoms with E-state index in [1.54, 1.807) is 4.90 Å². The number of hydrogen-bond acceptors (Lipinski definition) is 5. The van der Waals surface area contributed by atoms with E-state index in [1.165, 1.54) is 0 Å². The molecule has 8 heteroatoms. The van der Waals surface area contributed by atoms with Crippen molar-refractivity contribution in [3.63, 3.8) is 0 Å². The third-order valence-corrected chi connectivity index (χ3v) is 13.8. The van der Waals surface area contributed by atoms with Crippen LogP contribution in [0.1, 0.15) is 145 Å². The molecule has 3 heterocycles. The van der Waals surface area contributed by atoms with E-state index in [-0.39, 0.29) is 17.7 Å². The van der Waals surface area contributed by atoms with Gasteiger partial charge < -0.3 is 24.6 Å². The minimum absolute atomic E-state index is 0.0508. The molecular formula is C43H61N3O5. The average Bonchev–Trinajstić information content (AvgIpc) is 3.19. The highest BCUT2D eigenvalue weighted by atomic mass is 16.5. The monoisotopic (exact) mass is 699 g/mol. The number of benzene rings is 2. The first-order chi connectivity index (χ1) is 22.8. The number of morpholine rings is 1. The van der Waals surface area contributed by atoms with Gasteiger partial charge in [0.2, 0.25) is 5.91 Å². The van der Waals surface area contributed by atoms with Crippen LogP contribution in [0, 0.1) is 10.8 Å². The smallest absolute Gasteiger partial charge is 0.255 e. The van der Waals surface area contributed by atoms with Crippen molar-refractivity contribution in [1.29, 1.82) is 0 Å². The van der Waals surface area contributed by atoms with Crippen molar-refractivity contribution in [2.75, 3.05) is 0 Å². The maximum absolute atomic E-state index is 14.5. The summed E-state index contributed by atoms with van der Waals surface area (Å²) >= 11 is 0. The standard InChI is InChI=1S/C43H61N3O5/c1-26-35(2,3)40(12,13)43(18,33(48)44-26)45-32(47)29-20-19-21-30(31(29)37(45,6)7)50-38(8,9)28-24-22-27(23-25-28)36(4,5)46-34(49)39(10,11)51-42(16,17)41(46,14)15/h19-25H,1H2,2-18H3,(H,44,48). The first-order valence-corrected chi connectivity index (χ1v) is 18.2. The van der Waals surface area contributed by atoms with Crippen LogP contribution >= 0.6 is 0 Å². The van der Waals surface area contributed by atoms with Gasteiger partial charge in [-0.3, -0.25) is 14.4 Å². The van der Waals surface area contributed by atoms with E-state index < -0.39 is 49.8 Å². The Morgan fingerprint density at radius 1 is 0.765 bits per heavy atom. The van der Waals surface area contributed by atoms with Gasteiger partial charge in [0.15, 0.2) is 0 Å². The number of hydrogen-bond donors (Lipinski definition) is 1. The minimum atomic E-state index is -1.20. The van der Waals surface area contributed by atoms with Crippen LogP contribution < -0.4 is 10.1 Å². The number of allylic oxidation sites excluding steroid dienone is 1. The number of nitrogens with one attached hydrogen (secondary N) is 1. The molecule has 2 aromatic carbocycles. The molecular weight excluding hydrogens is 638 g/mol. The summed E-state index contributed by atoms with van der Waals surface area (Å²) in [5.74, 6) is 0.0938. The SMILES string of the molecule is C=C1NC(=O)C(C)(N2C(=O)c3cccc(OC(C)(C)c4ccc(C(C)(C)N5C(=O)C(C)(C)OC(C)(C)C5(C)C)cc4)c3C2(C)C)C(C)(C)C1(C)C.